The van der Waals surface area contributed by atoms with E-state index in [2.05, 4.69) is 15.5 Å². The van der Waals surface area contributed by atoms with Crippen molar-refractivity contribution in [2.24, 2.45) is 0 Å². The van der Waals surface area contributed by atoms with E-state index in [1.807, 2.05) is 6.92 Å². The second kappa shape index (κ2) is 6.91. The van der Waals surface area contributed by atoms with Crippen molar-refractivity contribution in [1.29, 1.82) is 0 Å². The first kappa shape index (κ1) is 16.5. The molecule has 1 unspecified atom stereocenters. The number of rotatable bonds is 5. The van der Waals surface area contributed by atoms with Crippen LogP contribution in [0.25, 0.3) is 0 Å². The molecule has 1 heterocycles. The van der Waals surface area contributed by atoms with Crippen molar-refractivity contribution >= 4 is 23.4 Å². The lowest BCUT2D eigenvalue weighted by Gasteiger charge is -2.13. The Morgan fingerprint density at radius 1 is 1.41 bits per heavy atom. The fourth-order valence-electron chi connectivity index (χ4n) is 2.03. The summed E-state index contributed by atoms with van der Waals surface area (Å²) in [7, 11) is 0. The van der Waals surface area contributed by atoms with Crippen LogP contribution in [-0.4, -0.2) is 21.9 Å². The average Bonchev–Trinajstić information content (AvgIpc) is 2.79. The standard InChI is InChI=1S/C15H17F2N3OS/c1-8-15(9(2)20-19-8)18-14(21)7-22-10(3)12-6-11(16)4-5-13(12)17/h4-6,10H,7H2,1-3H3,(H,18,21)(H,19,20). The number of benzene rings is 1. The Balaban J connectivity index is 1.95. The molecule has 0 saturated heterocycles. The molecule has 0 aliphatic heterocycles. The number of nitrogens with one attached hydrogen (secondary N) is 2. The maximum Gasteiger partial charge on any atom is 0.234 e. The molecule has 1 amide bonds. The maximum atomic E-state index is 13.7. The van der Waals surface area contributed by atoms with E-state index < -0.39 is 11.6 Å². The molecule has 0 saturated carbocycles. The topological polar surface area (TPSA) is 57.8 Å². The van der Waals surface area contributed by atoms with Gasteiger partial charge in [0.15, 0.2) is 0 Å². The van der Waals surface area contributed by atoms with Crippen molar-refractivity contribution in [2.75, 3.05) is 11.1 Å². The fourth-order valence-corrected chi connectivity index (χ4v) is 2.86. The first-order valence-corrected chi connectivity index (χ1v) is 7.81. The van der Waals surface area contributed by atoms with Crippen molar-refractivity contribution in [3.63, 3.8) is 0 Å². The minimum absolute atomic E-state index is 0.140. The number of carbonyl (C=O) groups is 1. The van der Waals surface area contributed by atoms with E-state index >= 15 is 0 Å². The summed E-state index contributed by atoms with van der Waals surface area (Å²) in [6, 6.07) is 3.34. The predicted molar refractivity (Wildman–Crippen MR) is 83.9 cm³/mol. The minimum Gasteiger partial charge on any atom is -0.322 e. The molecule has 2 N–H and O–H groups in total. The molecule has 22 heavy (non-hydrogen) atoms. The van der Waals surface area contributed by atoms with Crippen molar-refractivity contribution in [1.82, 2.24) is 10.2 Å². The molecular formula is C15H17F2N3OS. The summed E-state index contributed by atoms with van der Waals surface area (Å²) < 4.78 is 26.8. The second-order valence-corrected chi connectivity index (χ2v) is 6.31. The molecule has 2 aromatic rings. The third-order valence-corrected chi connectivity index (χ3v) is 4.44. The van der Waals surface area contributed by atoms with Crippen LogP contribution >= 0.6 is 11.8 Å². The Labute approximate surface area is 131 Å². The smallest absolute Gasteiger partial charge is 0.234 e. The van der Waals surface area contributed by atoms with Gasteiger partial charge >= 0.3 is 0 Å². The second-order valence-electron chi connectivity index (χ2n) is 4.98. The minimum atomic E-state index is -0.488. The number of H-pyrrole nitrogens is 1. The number of amides is 1. The SMILES string of the molecule is Cc1n[nH]c(C)c1NC(=O)CSC(C)c1cc(F)ccc1F. The van der Waals surface area contributed by atoms with Gasteiger partial charge in [0.1, 0.15) is 11.6 Å². The van der Waals surface area contributed by atoms with Crippen molar-refractivity contribution in [2.45, 2.75) is 26.0 Å². The number of hydrogen-bond donors (Lipinski definition) is 2. The molecule has 1 aromatic heterocycles. The summed E-state index contributed by atoms with van der Waals surface area (Å²) in [5, 5.41) is 9.22. The summed E-state index contributed by atoms with van der Waals surface area (Å²) >= 11 is 1.24. The molecule has 1 atom stereocenters. The van der Waals surface area contributed by atoms with Gasteiger partial charge in [-0.2, -0.15) is 5.10 Å². The van der Waals surface area contributed by atoms with E-state index in [9.17, 15) is 13.6 Å². The van der Waals surface area contributed by atoms with Gasteiger partial charge < -0.3 is 5.32 Å². The van der Waals surface area contributed by atoms with Gasteiger partial charge in [-0.1, -0.05) is 0 Å². The average molecular weight is 325 g/mol. The Kier molecular flexibility index (Phi) is 5.18. The highest BCUT2D eigenvalue weighted by Crippen LogP contribution is 2.30. The van der Waals surface area contributed by atoms with Crippen molar-refractivity contribution in [3.05, 3.63) is 46.8 Å². The summed E-state index contributed by atoms with van der Waals surface area (Å²) in [5.74, 6) is -1.02. The molecule has 0 fully saturated rings. The Hall–Kier alpha value is -1.89. The van der Waals surface area contributed by atoms with Gasteiger partial charge in [-0.3, -0.25) is 9.89 Å². The zero-order valence-electron chi connectivity index (χ0n) is 12.5. The maximum absolute atomic E-state index is 13.7. The van der Waals surface area contributed by atoms with Gasteiger partial charge in [-0.15, -0.1) is 11.8 Å². The highest BCUT2D eigenvalue weighted by molar-refractivity contribution is 8.00. The van der Waals surface area contributed by atoms with Gasteiger partial charge in [0.05, 0.1) is 22.8 Å². The van der Waals surface area contributed by atoms with E-state index in [-0.39, 0.29) is 22.5 Å². The van der Waals surface area contributed by atoms with Crippen LogP contribution < -0.4 is 5.32 Å². The van der Waals surface area contributed by atoms with Crippen LogP contribution in [0.15, 0.2) is 18.2 Å². The number of aromatic nitrogens is 2. The lowest BCUT2D eigenvalue weighted by molar-refractivity contribution is -0.113. The molecule has 0 bridgehead atoms. The Bertz CT molecular complexity index is 668. The zero-order chi connectivity index (χ0) is 16.3. The van der Waals surface area contributed by atoms with Crippen molar-refractivity contribution in [3.8, 4) is 0 Å². The number of carbonyl (C=O) groups excluding carboxylic acids is 1. The van der Waals surface area contributed by atoms with Crippen LogP contribution in [0, 0.1) is 25.5 Å². The zero-order valence-corrected chi connectivity index (χ0v) is 13.4. The largest absolute Gasteiger partial charge is 0.322 e. The van der Waals surface area contributed by atoms with E-state index in [1.165, 1.54) is 11.8 Å². The molecule has 4 nitrogen and oxygen atoms in total. The normalized spacial score (nSPS) is 12.2. The van der Waals surface area contributed by atoms with E-state index in [4.69, 9.17) is 0 Å². The summed E-state index contributed by atoms with van der Waals surface area (Å²) in [5.41, 5.74) is 2.41. The molecule has 2 rings (SSSR count). The van der Waals surface area contributed by atoms with E-state index in [0.717, 1.165) is 23.9 Å². The monoisotopic (exact) mass is 325 g/mol. The molecule has 118 valence electrons. The number of halogens is 2. The molecule has 0 aliphatic carbocycles. The van der Waals surface area contributed by atoms with Gasteiger partial charge in [0, 0.05) is 10.8 Å². The van der Waals surface area contributed by atoms with E-state index in [0.29, 0.717) is 11.4 Å². The van der Waals surface area contributed by atoms with Crippen LogP contribution in [0.3, 0.4) is 0 Å². The number of aryl methyl sites for hydroxylation is 2. The summed E-state index contributed by atoms with van der Waals surface area (Å²) in [4.78, 5) is 12.0. The van der Waals surface area contributed by atoms with E-state index in [1.54, 1.807) is 13.8 Å². The molecule has 0 spiro atoms. The molecule has 1 aromatic carbocycles. The number of thioether (sulfide) groups is 1. The fraction of sp³-hybridized carbons (Fsp3) is 0.333. The predicted octanol–water partition coefficient (Wildman–Crippen LogP) is 3.74. The third kappa shape index (κ3) is 3.85. The van der Waals surface area contributed by atoms with Crippen LogP contribution in [0.2, 0.25) is 0 Å². The van der Waals surface area contributed by atoms with Gasteiger partial charge in [-0.25, -0.2) is 8.78 Å². The first-order chi connectivity index (χ1) is 10.4. The molecule has 0 radical (unpaired) electrons. The van der Waals surface area contributed by atoms with Crippen LogP contribution in [0.1, 0.15) is 29.1 Å². The van der Waals surface area contributed by atoms with Gasteiger partial charge in [0.25, 0.3) is 0 Å². The van der Waals surface area contributed by atoms with Gasteiger partial charge in [0.2, 0.25) is 5.91 Å². The quantitative estimate of drug-likeness (QED) is 0.880. The lowest BCUT2D eigenvalue weighted by Crippen LogP contribution is -2.15. The number of aromatic amines is 1. The Morgan fingerprint density at radius 2 is 2.14 bits per heavy atom. The van der Waals surface area contributed by atoms with Crippen LogP contribution in [0.4, 0.5) is 14.5 Å². The highest BCUT2D eigenvalue weighted by Gasteiger charge is 2.15. The van der Waals surface area contributed by atoms with Gasteiger partial charge in [-0.05, 0) is 39.0 Å². The van der Waals surface area contributed by atoms with Crippen LogP contribution in [0.5, 0.6) is 0 Å². The third-order valence-electron chi connectivity index (χ3n) is 3.25. The molecule has 7 heteroatoms. The molecule has 0 aliphatic rings. The molecular weight excluding hydrogens is 308 g/mol. The number of hydrogen-bond acceptors (Lipinski definition) is 3. The summed E-state index contributed by atoms with van der Waals surface area (Å²) in [6.07, 6.45) is 0. The summed E-state index contributed by atoms with van der Waals surface area (Å²) in [6.45, 7) is 5.34. The first-order valence-electron chi connectivity index (χ1n) is 6.76. The Morgan fingerprint density at radius 3 is 2.77 bits per heavy atom. The highest BCUT2D eigenvalue weighted by atomic mass is 32.2. The lowest BCUT2D eigenvalue weighted by atomic mass is 10.1. The number of nitrogens with zero attached hydrogens (tertiary/aromatic N) is 1. The van der Waals surface area contributed by atoms with Crippen molar-refractivity contribution < 1.29 is 13.6 Å². The van der Waals surface area contributed by atoms with Crippen LogP contribution in [-0.2, 0) is 4.79 Å². The number of anilines is 1.